The number of methoxy groups -OCH3 is 1. The molecule has 2 N–H and O–H groups in total. The molecule has 0 spiro atoms. The summed E-state index contributed by atoms with van der Waals surface area (Å²) in [4.78, 5) is 11.4. The Kier molecular flexibility index (Phi) is 9.52. The van der Waals surface area contributed by atoms with Crippen molar-refractivity contribution >= 4 is 5.91 Å². The van der Waals surface area contributed by atoms with Crippen LogP contribution in [-0.4, -0.2) is 38.8 Å². The fraction of sp³-hybridized carbons (Fsp3) is 0.909. The molecular weight excluding hydrogens is 192 g/mol. The van der Waals surface area contributed by atoms with Crippen LogP contribution in [0.25, 0.3) is 0 Å². The number of nitrogens with one attached hydrogen (secondary N) is 2. The Hall–Kier alpha value is -0.610. The molecule has 0 bridgehead atoms. The van der Waals surface area contributed by atoms with Crippen LogP contribution in [0.2, 0.25) is 0 Å². The molecule has 0 aliphatic heterocycles. The standard InChI is InChI=1S/C11H24N2O2/c1-4-10(5-2)13-11(14)9-12-7-6-8-15-3/h10,12H,4-9H2,1-3H3,(H,13,14). The van der Waals surface area contributed by atoms with Gasteiger partial charge in [0.2, 0.25) is 5.91 Å². The highest BCUT2D eigenvalue weighted by atomic mass is 16.5. The number of rotatable bonds is 9. The first-order chi connectivity index (χ1) is 7.24. The molecule has 0 aliphatic carbocycles. The molecule has 0 aromatic rings. The summed E-state index contributed by atoms with van der Waals surface area (Å²) in [5.74, 6) is 0.0844. The highest BCUT2D eigenvalue weighted by Crippen LogP contribution is 1.94. The van der Waals surface area contributed by atoms with E-state index in [1.54, 1.807) is 7.11 Å². The zero-order valence-corrected chi connectivity index (χ0v) is 10.1. The number of amides is 1. The fourth-order valence-corrected chi connectivity index (χ4v) is 1.31. The van der Waals surface area contributed by atoms with Gasteiger partial charge >= 0.3 is 0 Å². The molecule has 0 aromatic heterocycles. The van der Waals surface area contributed by atoms with Crippen LogP contribution in [0, 0.1) is 0 Å². The Labute approximate surface area is 92.8 Å². The monoisotopic (exact) mass is 216 g/mol. The first-order valence-corrected chi connectivity index (χ1v) is 5.73. The molecule has 0 radical (unpaired) electrons. The molecule has 90 valence electrons. The van der Waals surface area contributed by atoms with Crippen LogP contribution in [0.15, 0.2) is 0 Å². The number of hydrogen-bond donors (Lipinski definition) is 2. The molecule has 15 heavy (non-hydrogen) atoms. The second-order valence-corrected chi connectivity index (χ2v) is 3.60. The molecule has 0 fully saturated rings. The lowest BCUT2D eigenvalue weighted by Crippen LogP contribution is -2.40. The molecule has 0 saturated heterocycles. The molecule has 4 heteroatoms. The van der Waals surface area contributed by atoms with E-state index in [9.17, 15) is 4.79 Å². The molecule has 0 heterocycles. The summed E-state index contributed by atoms with van der Waals surface area (Å²) >= 11 is 0. The average Bonchev–Trinajstić information content (AvgIpc) is 2.25. The Morgan fingerprint density at radius 2 is 2.00 bits per heavy atom. The molecular formula is C11H24N2O2. The van der Waals surface area contributed by atoms with Gasteiger partial charge in [-0.2, -0.15) is 0 Å². The van der Waals surface area contributed by atoms with Gasteiger partial charge in [0.25, 0.3) is 0 Å². The topological polar surface area (TPSA) is 50.4 Å². The maximum absolute atomic E-state index is 11.4. The van der Waals surface area contributed by atoms with E-state index in [-0.39, 0.29) is 5.91 Å². The van der Waals surface area contributed by atoms with Crippen LogP contribution < -0.4 is 10.6 Å². The Morgan fingerprint density at radius 1 is 1.33 bits per heavy atom. The van der Waals surface area contributed by atoms with Crippen molar-refractivity contribution in [1.29, 1.82) is 0 Å². The van der Waals surface area contributed by atoms with Crippen molar-refractivity contribution in [2.24, 2.45) is 0 Å². The van der Waals surface area contributed by atoms with E-state index in [2.05, 4.69) is 24.5 Å². The molecule has 0 saturated carbocycles. The zero-order valence-electron chi connectivity index (χ0n) is 10.1. The minimum atomic E-state index is 0.0844. The fourth-order valence-electron chi connectivity index (χ4n) is 1.31. The number of carbonyl (C=O) groups is 1. The third-order valence-electron chi connectivity index (χ3n) is 2.34. The van der Waals surface area contributed by atoms with Crippen molar-refractivity contribution in [1.82, 2.24) is 10.6 Å². The SMILES string of the molecule is CCC(CC)NC(=O)CNCCCOC. The molecule has 0 rings (SSSR count). The summed E-state index contributed by atoms with van der Waals surface area (Å²) in [5, 5.41) is 6.06. The summed E-state index contributed by atoms with van der Waals surface area (Å²) < 4.78 is 4.91. The van der Waals surface area contributed by atoms with Crippen LogP contribution in [0.3, 0.4) is 0 Å². The van der Waals surface area contributed by atoms with Gasteiger partial charge in [0, 0.05) is 19.8 Å². The maximum Gasteiger partial charge on any atom is 0.234 e. The summed E-state index contributed by atoms with van der Waals surface area (Å²) in [6.07, 6.45) is 2.92. The molecule has 0 atom stereocenters. The Balaban J connectivity index is 3.40. The van der Waals surface area contributed by atoms with Crippen molar-refractivity contribution in [2.45, 2.75) is 39.2 Å². The van der Waals surface area contributed by atoms with E-state index >= 15 is 0 Å². The van der Waals surface area contributed by atoms with Gasteiger partial charge in [-0.15, -0.1) is 0 Å². The van der Waals surface area contributed by atoms with Crippen LogP contribution in [-0.2, 0) is 9.53 Å². The number of hydrogen-bond acceptors (Lipinski definition) is 3. The zero-order chi connectivity index (χ0) is 11.5. The Bertz CT molecular complexity index is 159. The predicted octanol–water partition coefficient (Wildman–Crippen LogP) is 0.917. The van der Waals surface area contributed by atoms with Gasteiger partial charge in [0.1, 0.15) is 0 Å². The van der Waals surface area contributed by atoms with E-state index in [0.717, 1.165) is 32.4 Å². The lowest BCUT2D eigenvalue weighted by molar-refractivity contribution is -0.121. The van der Waals surface area contributed by atoms with Gasteiger partial charge in [-0.1, -0.05) is 13.8 Å². The van der Waals surface area contributed by atoms with Gasteiger partial charge in [-0.25, -0.2) is 0 Å². The lowest BCUT2D eigenvalue weighted by Gasteiger charge is -2.14. The Morgan fingerprint density at radius 3 is 2.53 bits per heavy atom. The minimum absolute atomic E-state index is 0.0844. The van der Waals surface area contributed by atoms with Crippen LogP contribution in [0.4, 0.5) is 0 Å². The third kappa shape index (κ3) is 8.39. The van der Waals surface area contributed by atoms with Crippen molar-refractivity contribution in [2.75, 3.05) is 26.8 Å². The predicted molar refractivity (Wildman–Crippen MR) is 61.9 cm³/mol. The molecule has 0 aromatic carbocycles. The van der Waals surface area contributed by atoms with E-state index in [4.69, 9.17) is 4.74 Å². The van der Waals surface area contributed by atoms with Gasteiger partial charge in [0.15, 0.2) is 0 Å². The van der Waals surface area contributed by atoms with Crippen LogP contribution in [0.1, 0.15) is 33.1 Å². The smallest absolute Gasteiger partial charge is 0.234 e. The van der Waals surface area contributed by atoms with Gasteiger partial charge in [0.05, 0.1) is 6.54 Å². The van der Waals surface area contributed by atoms with Crippen LogP contribution in [0.5, 0.6) is 0 Å². The second kappa shape index (κ2) is 9.93. The van der Waals surface area contributed by atoms with Gasteiger partial charge in [-0.3, -0.25) is 4.79 Å². The lowest BCUT2D eigenvalue weighted by atomic mass is 10.2. The van der Waals surface area contributed by atoms with E-state index < -0.39 is 0 Å². The van der Waals surface area contributed by atoms with Crippen LogP contribution >= 0.6 is 0 Å². The first kappa shape index (κ1) is 14.4. The van der Waals surface area contributed by atoms with Crippen molar-refractivity contribution in [3.05, 3.63) is 0 Å². The highest BCUT2D eigenvalue weighted by Gasteiger charge is 2.06. The second-order valence-electron chi connectivity index (χ2n) is 3.60. The highest BCUT2D eigenvalue weighted by molar-refractivity contribution is 5.78. The molecule has 4 nitrogen and oxygen atoms in total. The number of ether oxygens (including phenoxy) is 1. The summed E-state index contributed by atoms with van der Waals surface area (Å²) in [6, 6.07) is 0.318. The molecule has 0 aliphatic rings. The van der Waals surface area contributed by atoms with Crippen molar-refractivity contribution in [3.8, 4) is 0 Å². The van der Waals surface area contributed by atoms with Crippen molar-refractivity contribution in [3.63, 3.8) is 0 Å². The van der Waals surface area contributed by atoms with E-state index in [1.165, 1.54) is 0 Å². The summed E-state index contributed by atoms with van der Waals surface area (Å²) in [5.41, 5.74) is 0. The third-order valence-corrected chi connectivity index (χ3v) is 2.34. The van der Waals surface area contributed by atoms with Gasteiger partial charge in [-0.05, 0) is 25.8 Å². The number of carbonyl (C=O) groups excluding carboxylic acids is 1. The molecule has 0 unspecified atom stereocenters. The van der Waals surface area contributed by atoms with Gasteiger partial charge < -0.3 is 15.4 Å². The quantitative estimate of drug-likeness (QED) is 0.563. The average molecular weight is 216 g/mol. The maximum atomic E-state index is 11.4. The normalized spacial score (nSPS) is 10.7. The largest absolute Gasteiger partial charge is 0.385 e. The summed E-state index contributed by atoms with van der Waals surface area (Å²) in [6.45, 7) is 6.13. The molecule has 1 amide bonds. The van der Waals surface area contributed by atoms with E-state index in [0.29, 0.717) is 12.6 Å². The summed E-state index contributed by atoms with van der Waals surface area (Å²) in [7, 11) is 1.68. The van der Waals surface area contributed by atoms with E-state index in [1.807, 2.05) is 0 Å². The van der Waals surface area contributed by atoms with Crippen molar-refractivity contribution < 1.29 is 9.53 Å². The first-order valence-electron chi connectivity index (χ1n) is 5.73. The minimum Gasteiger partial charge on any atom is -0.385 e.